The number of phenolic OH excluding ortho intramolecular Hbond substituents is 1. The van der Waals surface area contributed by atoms with Crippen molar-refractivity contribution >= 4 is 44.7 Å². The largest absolute Gasteiger partial charge is 0.505 e. The van der Waals surface area contributed by atoms with Crippen molar-refractivity contribution in [2.24, 2.45) is 10.2 Å². The molecule has 0 atom stereocenters. The third kappa shape index (κ3) is 3.92. The molecule has 2 aromatic carbocycles. The average molecular weight is 347 g/mol. The number of hydrogen-bond donors (Lipinski definition) is 2. The zero-order chi connectivity index (χ0) is 15.6. The Bertz CT molecular complexity index is 782. The number of aromatic hydroxyl groups is 1. The van der Waals surface area contributed by atoms with Crippen LogP contribution in [-0.2, 0) is 10.1 Å². The quantitative estimate of drug-likeness (QED) is 0.636. The van der Waals surface area contributed by atoms with Crippen molar-refractivity contribution < 1.29 is 18.1 Å². The first-order chi connectivity index (χ1) is 9.77. The number of hydrogen-bond acceptors (Lipinski definition) is 5. The van der Waals surface area contributed by atoms with Gasteiger partial charge in [0.2, 0.25) is 0 Å². The van der Waals surface area contributed by atoms with E-state index in [0.29, 0.717) is 11.4 Å². The van der Waals surface area contributed by atoms with E-state index in [0.717, 1.165) is 0 Å². The predicted octanol–water partition coefficient (Wildman–Crippen LogP) is 4.36. The van der Waals surface area contributed by atoms with E-state index in [1.165, 1.54) is 36.4 Å². The van der Waals surface area contributed by atoms with Crippen LogP contribution in [0.2, 0.25) is 10.0 Å². The summed E-state index contributed by atoms with van der Waals surface area (Å²) < 4.78 is 30.6. The molecule has 0 amide bonds. The van der Waals surface area contributed by atoms with Crippen LogP contribution in [0.25, 0.3) is 0 Å². The van der Waals surface area contributed by atoms with Gasteiger partial charge in [0.05, 0.1) is 26.3 Å². The molecule has 0 radical (unpaired) electrons. The Labute approximate surface area is 130 Å². The highest BCUT2D eigenvalue weighted by atomic mass is 35.5. The van der Waals surface area contributed by atoms with Crippen molar-refractivity contribution in [2.45, 2.75) is 4.90 Å². The molecule has 0 saturated heterocycles. The Morgan fingerprint density at radius 1 is 0.905 bits per heavy atom. The zero-order valence-corrected chi connectivity index (χ0v) is 12.6. The minimum absolute atomic E-state index is 0.0400. The van der Waals surface area contributed by atoms with Crippen LogP contribution in [0.5, 0.6) is 5.75 Å². The lowest BCUT2D eigenvalue weighted by Crippen LogP contribution is -1.96. The summed E-state index contributed by atoms with van der Waals surface area (Å²) in [6, 6.07) is 7.88. The standard InChI is InChI=1S/C12H8Cl2N2O4S/c13-10-5-8(6-11(14)12(10)17)16-15-7-1-3-9(4-2-7)21(18,19)20/h1-6,17H,(H,18,19,20). The number of nitrogens with zero attached hydrogens (tertiary/aromatic N) is 2. The van der Waals surface area contributed by atoms with Gasteiger partial charge in [0.1, 0.15) is 0 Å². The van der Waals surface area contributed by atoms with Crippen molar-refractivity contribution in [3.63, 3.8) is 0 Å². The van der Waals surface area contributed by atoms with E-state index in [1.807, 2.05) is 0 Å². The molecule has 0 aliphatic rings. The van der Waals surface area contributed by atoms with Crippen LogP contribution in [0.1, 0.15) is 0 Å². The van der Waals surface area contributed by atoms with E-state index >= 15 is 0 Å². The highest BCUT2D eigenvalue weighted by molar-refractivity contribution is 7.85. The molecule has 0 bridgehead atoms. The molecule has 0 spiro atoms. The van der Waals surface area contributed by atoms with Gasteiger partial charge in [0, 0.05) is 0 Å². The van der Waals surface area contributed by atoms with Crippen LogP contribution in [0.4, 0.5) is 11.4 Å². The van der Waals surface area contributed by atoms with Crippen molar-refractivity contribution in [2.75, 3.05) is 0 Å². The van der Waals surface area contributed by atoms with Crippen LogP contribution in [0, 0.1) is 0 Å². The molecule has 21 heavy (non-hydrogen) atoms. The summed E-state index contributed by atoms with van der Waals surface area (Å²) in [6.45, 7) is 0. The molecule has 0 aliphatic carbocycles. The molecular weight excluding hydrogens is 339 g/mol. The van der Waals surface area contributed by atoms with Crippen LogP contribution in [0.15, 0.2) is 51.5 Å². The number of azo groups is 1. The van der Waals surface area contributed by atoms with Gasteiger partial charge in [-0.3, -0.25) is 4.55 Å². The Morgan fingerprint density at radius 2 is 1.38 bits per heavy atom. The van der Waals surface area contributed by atoms with Crippen LogP contribution in [0.3, 0.4) is 0 Å². The summed E-state index contributed by atoms with van der Waals surface area (Å²) in [5, 5.41) is 17.2. The lowest BCUT2D eigenvalue weighted by molar-refractivity contribution is 0.476. The summed E-state index contributed by atoms with van der Waals surface area (Å²) in [4.78, 5) is -0.239. The summed E-state index contributed by atoms with van der Waals surface area (Å²) in [6.07, 6.45) is 0. The van der Waals surface area contributed by atoms with Gasteiger partial charge < -0.3 is 5.11 Å². The van der Waals surface area contributed by atoms with Crippen LogP contribution >= 0.6 is 23.2 Å². The Morgan fingerprint density at radius 3 is 1.86 bits per heavy atom. The van der Waals surface area contributed by atoms with E-state index in [4.69, 9.17) is 27.8 Å². The van der Waals surface area contributed by atoms with Gasteiger partial charge in [-0.1, -0.05) is 23.2 Å². The van der Waals surface area contributed by atoms with Gasteiger partial charge in [0.25, 0.3) is 10.1 Å². The van der Waals surface area contributed by atoms with Crippen LogP contribution < -0.4 is 0 Å². The summed E-state index contributed by atoms with van der Waals surface area (Å²) >= 11 is 11.5. The minimum Gasteiger partial charge on any atom is -0.505 e. The lowest BCUT2D eigenvalue weighted by Gasteiger charge is -2.01. The molecule has 0 aromatic heterocycles. The van der Waals surface area contributed by atoms with Crippen LogP contribution in [-0.4, -0.2) is 18.1 Å². The maximum atomic E-state index is 10.9. The van der Waals surface area contributed by atoms with Gasteiger partial charge in [-0.25, -0.2) is 0 Å². The van der Waals surface area contributed by atoms with Gasteiger partial charge in [0.15, 0.2) is 5.75 Å². The van der Waals surface area contributed by atoms with Gasteiger partial charge in [-0.05, 0) is 36.4 Å². The first-order valence-electron chi connectivity index (χ1n) is 5.44. The molecule has 0 fully saturated rings. The topological polar surface area (TPSA) is 99.3 Å². The fraction of sp³-hybridized carbons (Fsp3) is 0. The lowest BCUT2D eigenvalue weighted by atomic mass is 10.3. The Kier molecular flexibility index (Phi) is 4.48. The number of benzene rings is 2. The van der Waals surface area contributed by atoms with Crippen molar-refractivity contribution in [1.29, 1.82) is 0 Å². The highest BCUT2D eigenvalue weighted by Crippen LogP contribution is 2.36. The van der Waals surface area contributed by atoms with Crippen molar-refractivity contribution in [3.05, 3.63) is 46.4 Å². The second kappa shape index (κ2) is 5.98. The molecule has 9 heteroatoms. The van der Waals surface area contributed by atoms with Gasteiger partial charge in [-0.15, -0.1) is 0 Å². The minimum atomic E-state index is -4.24. The van der Waals surface area contributed by atoms with E-state index < -0.39 is 10.1 Å². The normalized spacial score (nSPS) is 12.0. The van der Waals surface area contributed by atoms with Crippen molar-refractivity contribution in [1.82, 2.24) is 0 Å². The second-order valence-electron chi connectivity index (χ2n) is 3.93. The smallest absolute Gasteiger partial charge is 0.294 e. The Balaban J connectivity index is 2.26. The van der Waals surface area contributed by atoms with E-state index in [1.54, 1.807) is 0 Å². The Hall–Kier alpha value is -1.67. The molecule has 0 unspecified atom stereocenters. The summed E-state index contributed by atoms with van der Waals surface area (Å²) in [7, 11) is -4.24. The molecule has 6 nitrogen and oxygen atoms in total. The van der Waals surface area contributed by atoms with Gasteiger partial charge in [-0.2, -0.15) is 18.6 Å². The van der Waals surface area contributed by atoms with Crippen molar-refractivity contribution in [3.8, 4) is 5.75 Å². The maximum Gasteiger partial charge on any atom is 0.294 e. The van der Waals surface area contributed by atoms with E-state index in [9.17, 15) is 13.5 Å². The number of rotatable bonds is 3. The summed E-state index contributed by atoms with van der Waals surface area (Å²) in [5.41, 5.74) is 0.685. The average Bonchev–Trinajstić information content (AvgIpc) is 2.42. The zero-order valence-electron chi connectivity index (χ0n) is 10.2. The SMILES string of the molecule is O=S(=O)(O)c1ccc(N=Nc2cc(Cl)c(O)c(Cl)c2)cc1. The molecule has 2 N–H and O–H groups in total. The molecule has 0 aliphatic heterocycles. The molecular formula is C12H8Cl2N2O4S. The van der Waals surface area contributed by atoms with E-state index in [-0.39, 0.29) is 20.7 Å². The molecule has 2 aromatic rings. The number of phenols is 1. The van der Waals surface area contributed by atoms with E-state index in [2.05, 4.69) is 10.2 Å². The first-order valence-corrected chi connectivity index (χ1v) is 7.64. The second-order valence-corrected chi connectivity index (χ2v) is 6.16. The third-order valence-electron chi connectivity index (χ3n) is 2.42. The highest BCUT2D eigenvalue weighted by Gasteiger charge is 2.08. The number of halogens is 2. The summed E-state index contributed by atoms with van der Waals surface area (Å²) in [5.74, 6) is -0.241. The fourth-order valence-corrected chi connectivity index (χ4v) is 2.37. The molecule has 0 saturated carbocycles. The molecule has 110 valence electrons. The predicted molar refractivity (Wildman–Crippen MR) is 78.6 cm³/mol. The fourth-order valence-electron chi connectivity index (χ4n) is 1.41. The third-order valence-corrected chi connectivity index (χ3v) is 3.86. The molecule has 0 heterocycles. The monoisotopic (exact) mass is 346 g/mol. The molecule has 2 rings (SSSR count). The van der Waals surface area contributed by atoms with Gasteiger partial charge >= 0.3 is 0 Å². The maximum absolute atomic E-state index is 10.9. The first kappa shape index (κ1) is 15.7.